The van der Waals surface area contributed by atoms with Crippen LogP contribution in [0.3, 0.4) is 0 Å². The third-order valence-corrected chi connectivity index (χ3v) is 4.99. The number of aromatic amines is 1. The molecule has 2 aromatic rings. The molecule has 1 aromatic heterocycles. The van der Waals surface area contributed by atoms with Gasteiger partial charge in [0.15, 0.2) is 5.96 Å². The lowest BCUT2D eigenvalue weighted by molar-refractivity contribution is -0.131. The van der Waals surface area contributed by atoms with E-state index in [0.29, 0.717) is 31.1 Å². The number of amides is 1. The highest BCUT2D eigenvalue weighted by Gasteiger charge is 2.23. The third-order valence-electron chi connectivity index (χ3n) is 4.76. The number of nitrogens with zero attached hydrogens (tertiary/aromatic N) is 4. The van der Waals surface area contributed by atoms with Crippen LogP contribution in [0.2, 0.25) is 5.02 Å². The van der Waals surface area contributed by atoms with Gasteiger partial charge in [-0.15, -0.1) is 24.0 Å². The van der Waals surface area contributed by atoms with Gasteiger partial charge in [-0.2, -0.15) is 5.10 Å². The Hall–Kier alpha value is -1.81. The van der Waals surface area contributed by atoms with Crippen molar-refractivity contribution in [1.82, 2.24) is 25.3 Å². The highest BCUT2D eigenvalue weighted by molar-refractivity contribution is 14.0. The van der Waals surface area contributed by atoms with Crippen LogP contribution in [-0.4, -0.2) is 65.1 Å². The molecule has 2 heterocycles. The van der Waals surface area contributed by atoms with Crippen LogP contribution >= 0.6 is 35.6 Å². The van der Waals surface area contributed by atoms with Crippen molar-refractivity contribution in [3.05, 3.63) is 52.3 Å². The Morgan fingerprint density at radius 3 is 2.61 bits per heavy atom. The molecule has 152 valence electrons. The summed E-state index contributed by atoms with van der Waals surface area (Å²) in [6.45, 7) is 5.55. The Bertz CT molecular complexity index is 816. The summed E-state index contributed by atoms with van der Waals surface area (Å²) in [6, 6.07) is 7.47. The van der Waals surface area contributed by atoms with Crippen molar-refractivity contribution in [3.8, 4) is 0 Å². The van der Waals surface area contributed by atoms with Crippen LogP contribution < -0.4 is 5.32 Å². The van der Waals surface area contributed by atoms with Crippen LogP contribution in [0.25, 0.3) is 0 Å². The number of nitrogens with one attached hydrogen (secondary N) is 2. The van der Waals surface area contributed by atoms with Crippen molar-refractivity contribution in [2.24, 2.45) is 4.99 Å². The molecular weight excluding hydrogens is 491 g/mol. The molecule has 1 aromatic carbocycles. The number of guanidine groups is 1. The molecule has 0 saturated carbocycles. The van der Waals surface area contributed by atoms with Crippen LogP contribution in [0.1, 0.15) is 16.8 Å². The summed E-state index contributed by atoms with van der Waals surface area (Å²) in [4.78, 5) is 21.0. The molecular formula is C19H26ClIN6O. The number of carbonyl (C=O) groups excluding carboxylic acids is 1. The topological polar surface area (TPSA) is 76.6 Å². The van der Waals surface area contributed by atoms with E-state index in [0.717, 1.165) is 35.9 Å². The second kappa shape index (κ2) is 10.7. The number of benzene rings is 1. The van der Waals surface area contributed by atoms with Crippen LogP contribution in [0.5, 0.6) is 0 Å². The molecule has 1 saturated heterocycles. The zero-order valence-electron chi connectivity index (χ0n) is 16.1. The van der Waals surface area contributed by atoms with Crippen molar-refractivity contribution in [3.63, 3.8) is 0 Å². The lowest BCUT2D eigenvalue weighted by Crippen LogP contribution is -2.53. The van der Waals surface area contributed by atoms with E-state index < -0.39 is 0 Å². The number of piperazine rings is 1. The maximum Gasteiger partial charge on any atom is 0.227 e. The number of halogens is 2. The molecule has 9 heteroatoms. The highest BCUT2D eigenvalue weighted by Crippen LogP contribution is 2.13. The van der Waals surface area contributed by atoms with Crippen molar-refractivity contribution in [1.29, 1.82) is 0 Å². The molecule has 1 aliphatic rings. The summed E-state index contributed by atoms with van der Waals surface area (Å²) in [6.07, 6.45) is 2.20. The molecule has 0 atom stereocenters. The zero-order chi connectivity index (χ0) is 19.2. The SMILES string of the molecule is CN=C(NCc1cn[nH]c1C)N1CCN(C(=O)Cc2cccc(Cl)c2)CC1.I. The van der Waals surface area contributed by atoms with Gasteiger partial charge < -0.3 is 15.1 Å². The van der Waals surface area contributed by atoms with E-state index in [1.807, 2.05) is 42.3 Å². The van der Waals surface area contributed by atoms with E-state index in [1.165, 1.54) is 0 Å². The van der Waals surface area contributed by atoms with Crippen molar-refractivity contribution >= 4 is 47.4 Å². The number of H-pyrrole nitrogens is 1. The fourth-order valence-electron chi connectivity index (χ4n) is 3.16. The lowest BCUT2D eigenvalue weighted by atomic mass is 10.1. The van der Waals surface area contributed by atoms with Gasteiger partial charge >= 0.3 is 0 Å². The molecule has 0 spiro atoms. The molecule has 1 aliphatic heterocycles. The Labute approximate surface area is 187 Å². The molecule has 0 radical (unpaired) electrons. The lowest BCUT2D eigenvalue weighted by Gasteiger charge is -2.36. The number of aromatic nitrogens is 2. The summed E-state index contributed by atoms with van der Waals surface area (Å²) in [5.41, 5.74) is 3.11. The molecule has 1 amide bonds. The van der Waals surface area contributed by atoms with Gasteiger partial charge in [-0.1, -0.05) is 23.7 Å². The number of hydrogen-bond donors (Lipinski definition) is 2. The minimum atomic E-state index is 0. The summed E-state index contributed by atoms with van der Waals surface area (Å²) < 4.78 is 0. The predicted octanol–water partition coefficient (Wildman–Crippen LogP) is 2.45. The predicted molar refractivity (Wildman–Crippen MR) is 122 cm³/mol. The molecule has 0 bridgehead atoms. The first-order valence-electron chi connectivity index (χ1n) is 9.03. The van der Waals surface area contributed by atoms with Gasteiger partial charge in [0.05, 0.1) is 12.6 Å². The van der Waals surface area contributed by atoms with Crippen LogP contribution in [0, 0.1) is 6.92 Å². The fourth-order valence-corrected chi connectivity index (χ4v) is 3.37. The molecule has 28 heavy (non-hydrogen) atoms. The number of carbonyl (C=O) groups is 1. The smallest absolute Gasteiger partial charge is 0.227 e. The molecule has 2 N–H and O–H groups in total. The summed E-state index contributed by atoms with van der Waals surface area (Å²) in [7, 11) is 1.78. The maximum absolute atomic E-state index is 12.6. The number of rotatable bonds is 4. The Balaban J connectivity index is 0.00000280. The molecule has 0 unspecified atom stereocenters. The van der Waals surface area contributed by atoms with E-state index in [9.17, 15) is 4.79 Å². The number of hydrogen-bond acceptors (Lipinski definition) is 3. The van der Waals surface area contributed by atoms with Gasteiger partial charge in [0.25, 0.3) is 0 Å². The maximum atomic E-state index is 12.6. The van der Waals surface area contributed by atoms with Gasteiger partial charge in [0.1, 0.15) is 0 Å². The average molecular weight is 517 g/mol. The van der Waals surface area contributed by atoms with E-state index in [2.05, 4.69) is 25.4 Å². The Kier molecular flexibility index (Phi) is 8.56. The summed E-state index contributed by atoms with van der Waals surface area (Å²) >= 11 is 6.00. The summed E-state index contributed by atoms with van der Waals surface area (Å²) in [5.74, 6) is 0.978. The molecule has 7 nitrogen and oxygen atoms in total. The van der Waals surface area contributed by atoms with Crippen LogP contribution in [0.4, 0.5) is 0 Å². The minimum Gasteiger partial charge on any atom is -0.352 e. The average Bonchev–Trinajstić information content (AvgIpc) is 3.08. The van der Waals surface area contributed by atoms with Crippen molar-refractivity contribution in [2.45, 2.75) is 19.9 Å². The van der Waals surface area contributed by atoms with E-state index in [1.54, 1.807) is 7.05 Å². The first-order chi connectivity index (χ1) is 13.1. The van der Waals surface area contributed by atoms with Gasteiger partial charge in [-0.25, -0.2) is 0 Å². The van der Waals surface area contributed by atoms with Gasteiger partial charge in [0.2, 0.25) is 5.91 Å². The Morgan fingerprint density at radius 2 is 2.00 bits per heavy atom. The van der Waals surface area contributed by atoms with Crippen LogP contribution in [0.15, 0.2) is 35.5 Å². The van der Waals surface area contributed by atoms with Gasteiger partial charge in [0, 0.05) is 56.1 Å². The number of aliphatic imine (C=N–C) groups is 1. The van der Waals surface area contributed by atoms with Crippen LogP contribution in [-0.2, 0) is 17.8 Å². The zero-order valence-corrected chi connectivity index (χ0v) is 19.2. The second-order valence-corrected chi connectivity index (χ2v) is 7.03. The van der Waals surface area contributed by atoms with E-state index in [4.69, 9.17) is 11.6 Å². The van der Waals surface area contributed by atoms with Crippen molar-refractivity contribution < 1.29 is 4.79 Å². The monoisotopic (exact) mass is 516 g/mol. The fraction of sp³-hybridized carbons (Fsp3) is 0.421. The standard InChI is InChI=1S/C19H25ClN6O.HI/c1-14-16(13-23-24-14)12-22-19(21-2)26-8-6-25(7-9-26)18(27)11-15-4-3-5-17(20)10-15;/h3-5,10,13H,6-9,11-12H2,1-2H3,(H,21,22)(H,23,24);1H. The molecule has 0 aliphatic carbocycles. The highest BCUT2D eigenvalue weighted by atomic mass is 127. The minimum absolute atomic E-state index is 0. The largest absolute Gasteiger partial charge is 0.352 e. The van der Waals surface area contributed by atoms with Gasteiger partial charge in [-0.3, -0.25) is 14.9 Å². The molecule has 3 rings (SSSR count). The second-order valence-electron chi connectivity index (χ2n) is 6.60. The third kappa shape index (κ3) is 5.84. The first kappa shape index (κ1) is 22.5. The summed E-state index contributed by atoms with van der Waals surface area (Å²) in [5, 5.41) is 11.0. The van der Waals surface area contributed by atoms with Gasteiger partial charge in [-0.05, 0) is 24.6 Å². The normalized spacial score (nSPS) is 14.6. The quantitative estimate of drug-likeness (QED) is 0.372. The van der Waals surface area contributed by atoms with E-state index >= 15 is 0 Å². The first-order valence-corrected chi connectivity index (χ1v) is 9.41. The molecule has 1 fully saturated rings. The van der Waals surface area contributed by atoms with E-state index in [-0.39, 0.29) is 29.9 Å². The number of aryl methyl sites for hydroxylation is 1. The van der Waals surface area contributed by atoms with Crippen molar-refractivity contribution in [2.75, 3.05) is 33.2 Å². The Morgan fingerprint density at radius 1 is 1.29 bits per heavy atom.